The van der Waals surface area contributed by atoms with Crippen molar-refractivity contribution in [2.45, 2.75) is 27.7 Å². The van der Waals surface area contributed by atoms with Crippen molar-refractivity contribution in [3.63, 3.8) is 0 Å². The highest BCUT2D eigenvalue weighted by Crippen LogP contribution is 2.22. The Morgan fingerprint density at radius 1 is 1.00 bits per heavy atom. The first kappa shape index (κ1) is 18.7. The molecule has 0 unspecified atom stereocenters. The SMILES string of the molecule is Cc1ccc(C)c(NC(=S)NNC(=O)COc2c(C)cccc2C)c1. The van der Waals surface area contributed by atoms with E-state index in [1.54, 1.807) is 0 Å². The van der Waals surface area contributed by atoms with Gasteiger partial charge in [-0.05, 0) is 68.2 Å². The Balaban J connectivity index is 1.81. The monoisotopic (exact) mass is 357 g/mol. The number of para-hydroxylation sites is 1. The van der Waals surface area contributed by atoms with E-state index in [9.17, 15) is 4.79 Å². The number of hydrogen-bond acceptors (Lipinski definition) is 3. The van der Waals surface area contributed by atoms with Crippen molar-refractivity contribution in [2.24, 2.45) is 0 Å². The Kier molecular flexibility index (Phi) is 6.36. The van der Waals surface area contributed by atoms with Crippen LogP contribution in [-0.4, -0.2) is 17.6 Å². The molecule has 0 aliphatic carbocycles. The van der Waals surface area contributed by atoms with Gasteiger partial charge in [-0.1, -0.05) is 30.3 Å². The minimum absolute atomic E-state index is 0.0925. The van der Waals surface area contributed by atoms with Crippen molar-refractivity contribution in [3.8, 4) is 5.75 Å². The first-order valence-corrected chi connectivity index (χ1v) is 8.39. The Bertz CT molecular complexity index is 770. The van der Waals surface area contributed by atoms with Crippen molar-refractivity contribution in [2.75, 3.05) is 11.9 Å². The lowest BCUT2D eigenvalue weighted by Crippen LogP contribution is -2.45. The maximum Gasteiger partial charge on any atom is 0.276 e. The molecule has 2 aromatic carbocycles. The van der Waals surface area contributed by atoms with Crippen LogP contribution in [-0.2, 0) is 4.79 Å². The predicted octanol–water partition coefficient (Wildman–Crippen LogP) is 3.32. The van der Waals surface area contributed by atoms with Crippen LogP contribution in [0.15, 0.2) is 36.4 Å². The van der Waals surface area contributed by atoms with Crippen molar-refractivity contribution in [1.82, 2.24) is 10.9 Å². The van der Waals surface area contributed by atoms with E-state index in [0.717, 1.165) is 33.7 Å². The van der Waals surface area contributed by atoms with Crippen LogP contribution in [0.3, 0.4) is 0 Å². The van der Waals surface area contributed by atoms with E-state index in [2.05, 4.69) is 16.2 Å². The van der Waals surface area contributed by atoms with Gasteiger partial charge in [0.25, 0.3) is 5.91 Å². The van der Waals surface area contributed by atoms with Crippen LogP contribution in [0.1, 0.15) is 22.3 Å². The van der Waals surface area contributed by atoms with Crippen molar-refractivity contribution in [1.29, 1.82) is 0 Å². The minimum Gasteiger partial charge on any atom is -0.483 e. The number of thiocarbonyl (C=S) groups is 1. The second-order valence-corrected chi connectivity index (χ2v) is 6.36. The van der Waals surface area contributed by atoms with Crippen LogP contribution in [0.5, 0.6) is 5.75 Å². The topological polar surface area (TPSA) is 62.4 Å². The smallest absolute Gasteiger partial charge is 0.276 e. The number of benzene rings is 2. The number of aryl methyl sites for hydroxylation is 4. The molecule has 0 aliphatic heterocycles. The highest BCUT2D eigenvalue weighted by molar-refractivity contribution is 7.80. The number of anilines is 1. The summed E-state index contributed by atoms with van der Waals surface area (Å²) in [6, 6.07) is 11.9. The molecule has 6 heteroatoms. The zero-order valence-corrected chi connectivity index (χ0v) is 15.7. The molecule has 3 N–H and O–H groups in total. The van der Waals surface area contributed by atoms with Gasteiger partial charge in [-0.3, -0.25) is 15.6 Å². The minimum atomic E-state index is -0.312. The number of ether oxygens (including phenoxy) is 1. The van der Waals surface area contributed by atoms with E-state index in [-0.39, 0.29) is 12.5 Å². The van der Waals surface area contributed by atoms with E-state index in [0.29, 0.717) is 5.11 Å². The average molecular weight is 357 g/mol. The van der Waals surface area contributed by atoms with Crippen LogP contribution >= 0.6 is 12.2 Å². The van der Waals surface area contributed by atoms with Gasteiger partial charge in [0.15, 0.2) is 11.7 Å². The van der Waals surface area contributed by atoms with E-state index < -0.39 is 0 Å². The number of carbonyl (C=O) groups is 1. The molecule has 0 heterocycles. The molecule has 0 saturated carbocycles. The molecule has 132 valence electrons. The van der Waals surface area contributed by atoms with Gasteiger partial charge in [0, 0.05) is 5.69 Å². The van der Waals surface area contributed by atoms with Gasteiger partial charge in [0.05, 0.1) is 0 Å². The maximum atomic E-state index is 11.9. The zero-order chi connectivity index (χ0) is 18.4. The van der Waals surface area contributed by atoms with E-state index >= 15 is 0 Å². The van der Waals surface area contributed by atoms with Gasteiger partial charge >= 0.3 is 0 Å². The fraction of sp³-hybridized carbons (Fsp3) is 0.263. The molecule has 1 amide bonds. The van der Waals surface area contributed by atoms with Gasteiger partial charge in [-0.15, -0.1) is 0 Å². The maximum absolute atomic E-state index is 11.9. The predicted molar refractivity (Wildman–Crippen MR) is 105 cm³/mol. The highest BCUT2D eigenvalue weighted by Gasteiger charge is 2.08. The van der Waals surface area contributed by atoms with Crippen LogP contribution in [0.2, 0.25) is 0 Å². The third-order valence-corrected chi connectivity index (χ3v) is 3.92. The second kappa shape index (κ2) is 8.48. The van der Waals surface area contributed by atoms with Crippen LogP contribution in [0, 0.1) is 27.7 Å². The lowest BCUT2D eigenvalue weighted by molar-refractivity contribution is -0.123. The van der Waals surface area contributed by atoms with Crippen LogP contribution < -0.4 is 20.9 Å². The second-order valence-electron chi connectivity index (χ2n) is 5.96. The third-order valence-electron chi connectivity index (χ3n) is 3.71. The van der Waals surface area contributed by atoms with E-state index in [1.807, 2.05) is 64.1 Å². The summed E-state index contributed by atoms with van der Waals surface area (Å²) in [6.45, 7) is 7.79. The Hall–Kier alpha value is -2.60. The number of nitrogens with one attached hydrogen (secondary N) is 3. The van der Waals surface area contributed by atoms with Crippen LogP contribution in [0.4, 0.5) is 5.69 Å². The van der Waals surface area contributed by atoms with Gasteiger partial charge in [-0.2, -0.15) is 0 Å². The Labute approximate surface area is 153 Å². The molecule has 0 fully saturated rings. The fourth-order valence-electron chi connectivity index (χ4n) is 2.35. The number of carbonyl (C=O) groups excluding carboxylic acids is 1. The Morgan fingerprint density at radius 3 is 2.36 bits per heavy atom. The highest BCUT2D eigenvalue weighted by atomic mass is 32.1. The summed E-state index contributed by atoms with van der Waals surface area (Å²) in [4.78, 5) is 11.9. The molecule has 0 bridgehead atoms. The summed E-state index contributed by atoms with van der Waals surface area (Å²) in [5, 5.41) is 3.38. The molecule has 25 heavy (non-hydrogen) atoms. The summed E-state index contributed by atoms with van der Waals surface area (Å²) < 4.78 is 5.60. The van der Waals surface area contributed by atoms with Gasteiger partial charge in [-0.25, -0.2) is 0 Å². The van der Waals surface area contributed by atoms with Gasteiger partial charge in [0.1, 0.15) is 5.75 Å². The first-order valence-electron chi connectivity index (χ1n) is 7.99. The number of amides is 1. The molecule has 0 atom stereocenters. The molecule has 2 rings (SSSR count). The summed E-state index contributed by atoms with van der Waals surface area (Å²) in [5.41, 5.74) is 10.3. The Morgan fingerprint density at radius 2 is 1.68 bits per heavy atom. The van der Waals surface area contributed by atoms with Crippen LogP contribution in [0.25, 0.3) is 0 Å². The van der Waals surface area contributed by atoms with E-state index in [1.165, 1.54) is 0 Å². The van der Waals surface area contributed by atoms with Crippen molar-refractivity contribution < 1.29 is 9.53 Å². The van der Waals surface area contributed by atoms with Gasteiger partial charge in [0.2, 0.25) is 0 Å². The quantitative estimate of drug-likeness (QED) is 0.579. The molecule has 0 radical (unpaired) electrons. The lowest BCUT2D eigenvalue weighted by Gasteiger charge is -2.15. The van der Waals surface area contributed by atoms with Gasteiger partial charge < -0.3 is 10.1 Å². The summed E-state index contributed by atoms with van der Waals surface area (Å²) in [5.74, 6) is 0.418. The molecule has 2 aromatic rings. The number of hydrogen-bond donors (Lipinski definition) is 3. The molecule has 0 aromatic heterocycles. The van der Waals surface area contributed by atoms with Crippen molar-refractivity contribution >= 4 is 28.9 Å². The molecule has 5 nitrogen and oxygen atoms in total. The average Bonchev–Trinajstić information content (AvgIpc) is 2.56. The molecule has 0 aliphatic rings. The molecular weight excluding hydrogens is 334 g/mol. The third kappa shape index (κ3) is 5.46. The summed E-state index contributed by atoms with van der Waals surface area (Å²) in [6.07, 6.45) is 0. The molecular formula is C19H23N3O2S. The van der Waals surface area contributed by atoms with E-state index in [4.69, 9.17) is 17.0 Å². The summed E-state index contributed by atoms with van der Waals surface area (Å²) >= 11 is 5.20. The molecule has 0 saturated heterocycles. The van der Waals surface area contributed by atoms with Crippen molar-refractivity contribution in [3.05, 3.63) is 58.7 Å². The zero-order valence-electron chi connectivity index (χ0n) is 14.9. The first-order chi connectivity index (χ1) is 11.9. The molecule has 0 spiro atoms. The lowest BCUT2D eigenvalue weighted by atomic mass is 10.1. The standard InChI is InChI=1S/C19H23N3O2S/c1-12-8-9-13(2)16(10-12)20-19(25)22-21-17(23)11-24-18-14(3)6-5-7-15(18)4/h5-10H,11H2,1-4H3,(H,21,23)(H2,20,22,25). The number of hydrazine groups is 1. The largest absolute Gasteiger partial charge is 0.483 e. The summed E-state index contributed by atoms with van der Waals surface area (Å²) in [7, 11) is 0. The normalized spacial score (nSPS) is 10.1. The fourth-order valence-corrected chi connectivity index (χ4v) is 2.51. The number of rotatable bonds is 4.